The first kappa shape index (κ1) is 20.2. The monoisotopic (exact) mass is 398 g/mol. The molecule has 2 amide bonds. The Morgan fingerprint density at radius 2 is 2.04 bits per heavy atom. The Morgan fingerprint density at radius 1 is 1.25 bits per heavy atom. The summed E-state index contributed by atoms with van der Waals surface area (Å²) in [6.07, 6.45) is 1.65. The van der Waals surface area contributed by atoms with Crippen LogP contribution in [0.4, 0.5) is 11.5 Å². The van der Waals surface area contributed by atoms with Gasteiger partial charge in [-0.2, -0.15) is 0 Å². The predicted molar refractivity (Wildman–Crippen MR) is 114 cm³/mol. The highest BCUT2D eigenvalue weighted by Crippen LogP contribution is 2.25. The zero-order chi connectivity index (χ0) is 19.9. The van der Waals surface area contributed by atoms with Crippen LogP contribution >= 0.6 is 11.8 Å². The zero-order valence-electron chi connectivity index (χ0n) is 16.2. The minimum atomic E-state index is -0.148. The number of carbonyl (C=O) groups is 2. The number of anilines is 2. The molecule has 1 aliphatic rings. The third-order valence-electron chi connectivity index (χ3n) is 4.51. The van der Waals surface area contributed by atoms with E-state index in [0.717, 1.165) is 18.1 Å². The number of hydrogen-bond donors (Lipinski definition) is 2. The third-order valence-corrected chi connectivity index (χ3v) is 6.13. The van der Waals surface area contributed by atoms with E-state index in [4.69, 9.17) is 0 Å². The van der Waals surface area contributed by atoms with Gasteiger partial charge >= 0.3 is 0 Å². The fraction of sp³-hybridized carbons (Fsp3) is 0.381. The number of carbonyl (C=O) groups excluding carboxylic acids is 2. The van der Waals surface area contributed by atoms with Crippen molar-refractivity contribution in [3.8, 4) is 0 Å². The summed E-state index contributed by atoms with van der Waals surface area (Å²) in [6, 6.07) is 13.9. The number of rotatable bonds is 7. The van der Waals surface area contributed by atoms with Crippen molar-refractivity contribution in [2.24, 2.45) is 5.92 Å². The first-order valence-corrected chi connectivity index (χ1v) is 10.5. The Bertz CT molecular complexity index is 796. The Hall–Kier alpha value is -2.54. The average molecular weight is 399 g/mol. The smallest absolute Gasteiger partial charge is 0.239 e. The van der Waals surface area contributed by atoms with Crippen molar-refractivity contribution in [3.63, 3.8) is 0 Å². The van der Waals surface area contributed by atoms with Gasteiger partial charge in [0.15, 0.2) is 0 Å². The number of hydrogen-bond acceptors (Lipinski definition) is 5. The molecule has 3 rings (SSSR count). The van der Waals surface area contributed by atoms with Crippen LogP contribution in [0.25, 0.3) is 0 Å². The van der Waals surface area contributed by atoms with Gasteiger partial charge in [0.05, 0.1) is 23.7 Å². The van der Waals surface area contributed by atoms with Crippen molar-refractivity contribution in [2.75, 3.05) is 29.9 Å². The molecule has 1 aliphatic heterocycles. The molecule has 2 aromatic rings. The molecule has 1 aromatic carbocycles. The van der Waals surface area contributed by atoms with Crippen LogP contribution in [0.1, 0.15) is 19.4 Å². The molecule has 0 aliphatic carbocycles. The van der Waals surface area contributed by atoms with Gasteiger partial charge in [-0.1, -0.05) is 44.2 Å². The summed E-state index contributed by atoms with van der Waals surface area (Å²) in [5.74, 6) is 1.74. The predicted octanol–water partition coefficient (Wildman–Crippen LogP) is 2.91. The van der Waals surface area contributed by atoms with E-state index < -0.39 is 0 Å². The summed E-state index contributed by atoms with van der Waals surface area (Å²) in [5, 5.41) is 5.63. The summed E-state index contributed by atoms with van der Waals surface area (Å²) in [6.45, 7) is 5.78. The molecule has 0 spiro atoms. The number of aromatic nitrogens is 1. The lowest BCUT2D eigenvalue weighted by atomic mass is 10.1. The maximum Gasteiger partial charge on any atom is 0.239 e. The molecule has 1 fully saturated rings. The highest BCUT2D eigenvalue weighted by atomic mass is 32.2. The van der Waals surface area contributed by atoms with E-state index in [-0.39, 0.29) is 23.0 Å². The van der Waals surface area contributed by atoms with E-state index in [9.17, 15) is 9.59 Å². The van der Waals surface area contributed by atoms with Crippen molar-refractivity contribution in [1.29, 1.82) is 0 Å². The molecule has 1 aromatic heterocycles. The molecule has 28 heavy (non-hydrogen) atoms. The number of nitrogens with one attached hydrogen (secondary N) is 2. The fourth-order valence-electron chi connectivity index (χ4n) is 3.03. The zero-order valence-corrected chi connectivity index (χ0v) is 17.0. The van der Waals surface area contributed by atoms with Gasteiger partial charge in [0, 0.05) is 18.8 Å². The molecule has 1 unspecified atom stereocenters. The summed E-state index contributed by atoms with van der Waals surface area (Å²) in [4.78, 5) is 30.6. The van der Waals surface area contributed by atoms with Crippen LogP contribution in [0.3, 0.4) is 0 Å². The molecule has 0 bridgehead atoms. The number of thioether (sulfide) groups is 1. The second-order valence-corrected chi connectivity index (χ2v) is 8.26. The maximum absolute atomic E-state index is 12.8. The van der Waals surface area contributed by atoms with E-state index in [2.05, 4.69) is 41.6 Å². The van der Waals surface area contributed by atoms with Crippen LogP contribution in [0.2, 0.25) is 0 Å². The molecule has 1 atom stereocenters. The Kier molecular flexibility index (Phi) is 6.92. The molecule has 148 valence electrons. The maximum atomic E-state index is 12.8. The quantitative estimate of drug-likeness (QED) is 0.750. The van der Waals surface area contributed by atoms with Crippen LogP contribution in [0.15, 0.2) is 48.7 Å². The number of piperazine rings is 1. The lowest BCUT2D eigenvalue weighted by Crippen LogP contribution is -2.48. The largest absolute Gasteiger partial charge is 0.353 e. The molecular weight excluding hydrogens is 372 g/mol. The van der Waals surface area contributed by atoms with Crippen LogP contribution in [0.5, 0.6) is 0 Å². The van der Waals surface area contributed by atoms with E-state index >= 15 is 0 Å². The number of pyridine rings is 1. The standard InChI is InChI=1S/C21H26N4O2S/c1-15(2)20(28-14-16-6-4-3-5-7-16)21(27)24-17-8-9-18(23-12-17)25-11-10-22-19(26)13-25/h3-9,12,15,20H,10-11,13-14H2,1-2H3,(H,22,26)(H,24,27). The average Bonchev–Trinajstić information content (AvgIpc) is 2.69. The van der Waals surface area contributed by atoms with Gasteiger partial charge in [0.1, 0.15) is 5.82 Å². The highest BCUT2D eigenvalue weighted by molar-refractivity contribution is 7.99. The van der Waals surface area contributed by atoms with Gasteiger partial charge in [-0.25, -0.2) is 4.98 Å². The van der Waals surface area contributed by atoms with Gasteiger partial charge < -0.3 is 15.5 Å². The van der Waals surface area contributed by atoms with E-state index in [1.165, 1.54) is 5.56 Å². The van der Waals surface area contributed by atoms with Crippen LogP contribution in [0, 0.1) is 5.92 Å². The molecule has 0 radical (unpaired) electrons. The van der Waals surface area contributed by atoms with Crippen molar-refractivity contribution in [3.05, 3.63) is 54.2 Å². The molecule has 7 heteroatoms. The van der Waals surface area contributed by atoms with Gasteiger partial charge in [-0.15, -0.1) is 11.8 Å². The number of benzene rings is 1. The van der Waals surface area contributed by atoms with Crippen LogP contribution < -0.4 is 15.5 Å². The van der Waals surface area contributed by atoms with Gasteiger partial charge in [0.2, 0.25) is 11.8 Å². The second kappa shape index (κ2) is 9.59. The Morgan fingerprint density at radius 3 is 2.68 bits per heavy atom. The lowest BCUT2D eigenvalue weighted by molar-refractivity contribution is -0.120. The third kappa shape index (κ3) is 5.48. The molecular formula is C21H26N4O2S. The van der Waals surface area contributed by atoms with Crippen molar-refractivity contribution < 1.29 is 9.59 Å². The fourth-order valence-corrected chi connectivity index (χ4v) is 4.19. The van der Waals surface area contributed by atoms with Crippen molar-refractivity contribution in [2.45, 2.75) is 24.9 Å². The van der Waals surface area contributed by atoms with Crippen molar-refractivity contribution >= 4 is 35.1 Å². The summed E-state index contributed by atoms with van der Waals surface area (Å²) >= 11 is 1.65. The highest BCUT2D eigenvalue weighted by Gasteiger charge is 2.23. The van der Waals surface area contributed by atoms with Gasteiger partial charge in [0.25, 0.3) is 0 Å². The van der Waals surface area contributed by atoms with Crippen LogP contribution in [-0.4, -0.2) is 41.7 Å². The topological polar surface area (TPSA) is 74.3 Å². The summed E-state index contributed by atoms with van der Waals surface area (Å²) in [5.41, 5.74) is 1.88. The Balaban J connectivity index is 1.59. The SMILES string of the molecule is CC(C)C(SCc1ccccc1)C(=O)Nc1ccc(N2CCNC(=O)C2)nc1. The molecule has 0 saturated carbocycles. The van der Waals surface area contributed by atoms with Crippen molar-refractivity contribution in [1.82, 2.24) is 10.3 Å². The molecule has 6 nitrogen and oxygen atoms in total. The molecule has 2 heterocycles. The Labute approximate surface area is 170 Å². The lowest BCUT2D eigenvalue weighted by Gasteiger charge is -2.27. The van der Waals surface area contributed by atoms with Gasteiger partial charge in [-0.3, -0.25) is 9.59 Å². The van der Waals surface area contributed by atoms with E-state index in [1.807, 2.05) is 35.2 Å². The van der Waals surface area contributed by atoms with E-state index in [1.54, 1.807) is 18.0 Å². The molecule has 1 saturated heterocycles. The second-order valence-electron chi connectivity index (χ2n) is 7.13. The molecule has 2 N–H and O–H groups in total. The van der Waals surface area contributed by atoms with Gasteiger partial charge in [-0.05, 0) is 23.6 Å². The number of nitrogens with zero attached hydrogens (tertiary/aromatic N) is 2. The minimum absolute atomic E-state index is 0.000598. The van der Waals surface area contributed by atoms with Crippen LogP contribution in [-0.2, 0) is 15.3 Å². The first-order valence-electron chi connectivity index (χ1n) is 9.47. The minimum Gasteiger partial charge on any atom is -0.353 e. The van der Waals surface area contributed by atoms with E-state index in [0.29, 0.717) is 18.8 Å². The summed E-state index contributed by atoms with van der Waals surface area (Å²) < 4.78 is 0. The summed E-state index contributed by atoms with van der Waals surface area (Å²) in [7, 11) is 0. The normalized spacial score (nSPS) is 15.2. The number of amides is 2. The first-order chi connectivity index (χ1) is 13.5.